The molecule has 1 amide bonds. The van der Waals surface area contributed by atoms with Crippen LogP contribution in [0.25, 0.3) is 0 Å². The van der Waals surface area contributed by atoms with Crippen molar-refractivity contribution in [1.29, 1.82) is 0 Å². The molecule has 9 heteroatoms. The summed E-state index contributed by atoms with van der Waals surface area (Å²) in [6.45, 7) is 0. The Morgan fingerprint density at radius 3 is 2.21 bits per heavy atom. The van der Waals surface area contributed by atoms with E-state index in [-0.39, 0.29) is 4.90 Å². The van der Waals surface area contributed by atoms with Crippen LogP contribution in [0.1, 0.15) is 6.42 Å². The first kappa shape index (κ1) is 24.6. The first-order valence-electron chi connectivity index (χ1n) is 10.2. The summed E-state index contributed by atoms with van der Waals surface area (Å²) in [6.07, 6.45) is 2.26. The Morgan fingerprint density at radius 2 is 1.58 bits per heavy atom. The molecule has 1 atom stereocenters. The second kappa shape index (κ2) is 11.7. The fourth-order valence-corrected chi connectivity index (χ4v) is 4.72. The highest BCUT2D eigenvalue weighted by atomic mass is 32.2. The van der Waals surface area contributed by atoms with E-state index in [1.807, 2.05) is 18.4 Å². The van der Waals surface area contributed by atoms with Gasteiger partial charge in [-0.05, 0) is 67.0 Å². The minimum absolute atomic E-state index is 0.116. The molecule has 3 rings (SSSR count). The van der Waals surface area contributed by atoms with Gasteiger partial charge < -0.3 is 14.8 Å². The summed E-state index contributed by atoms with van der Waals surface area (Å²) in [5.41, 5.74) is 0.528. The zero-order valence-electron chi connectivity index (χ0n) is 18.4. The number of amides is 1. The van der Waals surface area contributed by atoms with Crippen LogP contribution in [0.4, 0.5) is 5.69 Å². The number of hydrogen-bond donors (Lipinski definition) is 2. The predicted octanol–water partition coefficient (Wildman–Crippen LogP) is 4.53. The highest BCUT2D eigenvalue weighted by Gasteiger charge is 2.25. The third-order valence-corrected chi connectivity index (χ3v) is 6.83. The number of rotatable bonds is 11. The topological polar surface area (TPSA) is 93.7 Å². The van der Waals surface area contributed by atoms with E-state index in [0.29, 0.717) is 35.1 Å². The van der Waals surface area contributed by atoms with Gasteiger partial charge in [-0.15, -0.1) is 0 Å². The number of carbonyl (C=O) groups is 1. The maximum atomic E-state index is 12.9. The quantitative estimate of drug-likeness (QED) is 0.414. The van der Waals surface area contributed by atoms with Crippen molar-refractivity contribution in [2.45, 2.75) is 17.4 Å². The largest absolute Gasteiger partial charge is 0.493 e. The van der Waals surface area contributed by atoms with Crippen molar-refractivity contribution in [2.24, 2.45) is 0 Å². The van der Waals surface area contributed by atoms with Crippen LogP contribution in [0.2, 0.25) is 0 Å². The molecule has 3 aromatic rings. The minimum atomic E-state index is -3.83. The molecule has 0 aliphatic rings. The van der Waals surface area contributed by atoms with Crippen molar-refractivity contribution >= 4 is 33.4 Å². The highest BCUT2D eigenvalue weighted by molar-refractivity contribution is 7.98. The summed E-state index contributed by atoms with van der Waals surface area (Å²) in [5, 5.41) is 2.78. The Morgan fingerprint density at radius 1 is 0.939 bits per heavy atom. The molecule has 174 valence electrons. The van der Waals surface area contributed by atoms with E-state index >= 15 is 0 Å². The zero-order valence-corrected chi connectivity index (χ0v) is 20.0. The maximum absolute atomic E-state index is 12.9. The number of nitrogens with one attached hydrogen (secondary N) is 2. The second-order valence-electron chi connectivity index (χ2n) is 7.03. The standard InChI is InChI=1S/C24H26N2O5S2/c1-30-22-10-6-7-11-23(22)31-19-14-12-18(13-15-19)25-24(27)21(16-17-32-2)26-33(28,29)20-8-4-3-5-9-20/h3-15,21,26H,16-17H2,1-2H3,(H,25,27). The maximum Gasteiger partial charge on any atom is 0.242 e. The summed E-state index contributed by atoms with van der Waals surface area (Å²) in [7, 11) is -2.26. The van der Waals surface area contributed by atoms with Gasteiger partial charge in [0.25, 0.3) is 0 Å². The van der Waals surface area contributed by atoms with Gasteiger partial charge in [0.2, 0.25) is 15.9 Å². The van der Waals surface area contributed by atoms with Crippen LogP contribution >= 0.6 is 11.8 Å². The summed E-state index contributed by atoms with van der Waals surface area (Å²) < 4.78 is 39.1. The summed E-state index contributed by atoms with van der Waals surface area (Å²) in [4.78, 5) is 13.0. The normalized spacial score (nSPS) is 12.1. The van der Waals surface area contributed by atoms with Gasteiger partial charge in [0.05, 0.1) is 12.0 Å². The van der Waals surface area contributed by atoms with Crippen LogP contribution in [0.5, 0.6) is 17.2 Å². The van der Waals surface area contributed by atoms with Crippen LogP contribution in [0.3, 0.4) is 0 Å². The Hall–Kier alpha value is -3.01. The lowest BCUT2D eigenvalue weighted by atomic mass is 10.2. The molecule has 0 saturated heterocycles. The van der Waals surface area contributed by atoms with Gasteiger partial charge in [-0.25, -0.2) is 8.42 Å². The highest BCUT2D eigenvalue weighted by Crippen LogP contribution is 2.31. The smallest absolute Gasteiger partial charge is 0.242 e. The average molecular weight is 487 g/mol. The molecule has 0 fully saturated rings. The molecule has 0 heterocycles. The Labute approximate surface area is 198 Å². The molecule has 7 nitrogen and oxygen atoms in total. The Kier molecular flexibility index (Phi) is 8.76. The average Bonchev–Trinajstić information content (AvgIpc) is 2.83. The summed E-state index contributed by atoms with van der Waals surface area (Å²) in [6, 6.07) is 21.2. The molecule has 0 aliphatic carbocycles. The molecular formula is C24H26N2O5S2. The van der Waals surface area contributed by atoms with Gasteiger partial charge in [-0.2, -0.15) is 16.5 Å². The molecule has 1 unspecified atom stereocenters. The third kappa shape index (κ3) is 6.98. The van der Waals surface area contributed by atoms with E-state index in [2.05, 4.69) is 10.0 Å². The minimum Gasteiger partial charge on any atom is -0.493 e. The number of ether oxygens (including phenoxy) is 2. The summed E-state index contributed by atoms with van der Waals surface area (Å²) in [5.74, 6) is 1.95. The van der Waals surface area contributed by atoms with E-state index in [4.69, 9.17) is 9.47 Å². The van der Waals surface area contributed by atoms with Crippen LogP contribution in [0.15, 0.2) is 83.8 Å². The van der Waals surface area contributed by atoms with Crippen molar-refractivity contribution in [3.8, 4) is 17.2 Å². The first-order chi connectivity index (χ1) is 15.9. The number of anilines is 1. The Bertz CT molecular complexity index is 1150. The molecule has 33 heavy (non-hydrogen) atoms. The predicted molar refractivity (Wildman–Crippen MR) is 132 cm³/mol. The van der Waals surface area contributed by atoms with Crippen molar-refractivity contribution in [3.63, 3.8) is 0 Å². The van der Waals surface area contributed by atoms with Gasteiger partial charge in [0.15, 0.2) is 11.5 Å². The lowest BCUT2D eigenvalue weighted by Gasteiger charge is -2.18. The van der Waals surface area contributed by atoms with Crippen molar-refractivity contribution in [3.05, 3.63) is 78.9 Å². The number of thioether (sulfide) groups is 1. The van der Waals surface area contributed by atoms with Crippen molar-refractivity contribution in [2.75, 3.05) is 24.4 Å². The molecule has 0 aliphatic heterocycles. The van der Waals surface area contributed by atoms with E-state index in [0.717, 1.165) is 0 Å². The number of sulfonamides is 1. The lowest BCUT2D eigenvalue weighted by molar-refractivity contribution is -0.117. The number of hydrogen-bond acceptors (Lipinski definition) is 6. The van der Waals surface area contributed by atoms with Crippen molar-refractivity contribution in [1.82, 2.24) is 4.72 Å². The number of methoxy groups -OCH3 is 1. The molecule has 3 aromatic carbocycles. The molecule has 0 saturated carbocycles. The molecule has 0 bridgehead atoms. The SMILES string of the molecule is COc1ccccc1Oc1ccc(NC(=O)C(CCSC)NS(=O)(=O)c2ccccc2)cc1. The van der Waals surface area contributed by atoms with Crippen LogP contribution in [-0.2, 0) is 14.8 Å². The van der Waals surface area contributed by atoms with E-state index < -0.39 is 22.0 Å². The molecule has 0 aromatic heterocycles. The Balaban J connectivity index is 1.69. The molecule has 0 spiro atoms. The van der Waals surface area contributed by atoms with E-state index in [1.165, 1.54) is 23.9 Å². The fourth-order valence-electron chi connectivity index (χ4n) is 3.00. The van der Waals surface area contributed by atoms with Gasteiger partial charge in [-0.3, -0.25) is 4.79 Å². The first-order valence-corrected chi connectivity index (χ1v) is 13.1. The molecular weight excluding hydrogens is 460 g/mol. The lowest BCUT2D eigenvalue weighted by Crippen LogP contribution is -2.44. The van der Waals surface area contributed by atoms with Crippen LogP contribution in [0, 0.1) is 0 Å². The van der Waals surface area contributed by atoms with E-state index in [1.54, 1.807) is 61.7 Å². The van der Waals surface area contributed by atoms with Crippen LogP contribution < -0.4 is 19.5 Å². The van der Waals surface area contributed by atoms with E-state index in [9.17, 15) is 13.2 Å². The van der Waals surface area contributed by atoms with Gasteiger partial charge >= 0.3 is 0 Å². The fraction of sp³-hybridized carbons (Fsp3) is 0.208. The number of benzene rings is 3. The van der Waals surface area contributed by atoms with Crippen LogP contribution in [-0.4, -0.2) is 39.5 Å². The van der Waals surface area contributed by atoms with Crippen molar-refractivity contribution < 1.29 is 22.7 Å². The van der Waals surface area contributed by atoms with Gasteiger partial charge in [0, 0.05) is 5.69 Å². The van der Waals surface area contributed by atoms with Gasteiger partial charge in [0.1, 0.15) is 11.8 Å². The number of carbonyl (C=O) groups excluding carboxylic acids is 1. The summed E-state index contributed by atoms with van der Waals surface area (Å²) >= 11 is 1.54. The third-order valence-electron chi connectivity index (χ3n) is 4.70. The monoisotopic (exact) mass is 486 g/mol. The zero-order chi connectivity index (χ0) is 23.7. The number of para-hydroxylation sites is 2. The second-order valence-corrected chi connectivity index (χ2v) is 9.73. The van der Waals surface area contributed by atoms with Gasteiger partial charge in [-0.1, -0.05) is 30.3 Å². The molecule has 0 radical (unpaired) electrons. The molecule has 2 N–H and O–H groups in total.